The molecule has 0 aliphatic heterocycles. The van der Waals surface area contributed by atoms with Gasteiger partial charge in [0.2, 0.25) is 0 Å². The predicted molar refractivity (Wildman–Crippen MR) is 134 cm³/mol. The van der Waals surface area contributed by atoms with Crippen molar-refractivity contribution in [3.05, 3.63) is 138 Å². The summed E-state index contributed by atoms with van der Waals surface area (Å²) in [5, 5.41) is 7.02. The number of fused-ring (bicyclic) bond motifs is 4. The first-order chi connectivity index (χ1) is 15.9. The molecule has 0 radical (unpaired) electrons. The Hall–Kier alpha value is -4.17. The SMILES string of the molecule is C(=NNc1ccc2ccccc2c1)c1ccccc1C1c2ccccc2-c2ccccc21. The molecule has 0 saturated heterocycles. The average molecular weight is 411 g/mol. The highest BCUT2D eigenvalue weighted by Crippen LogP contribution is 2.48. The normalized spacial score (nSPS) is 12.8. The Kier molecular flexibility index (Phi) is 4.54. The first-order valence-electron chi connectivity index (χ1n) is 10.9. The van der Waals surface area contributed by atoms with E-state index in [4.69, 9.17) is 0 Å². The summed E-state index contributed by atoms with van der Waals surface area (Å²) in [5.41, 5.74) is 12.0. The molecule has 0 saturated carbocycles. The lowest BCUT2D eigenvalue weighted by Gasteiger charge is -2.17. The molecular formula is C30H22N2. The van der Waals surface area contributed by atoms with Crippen molar-refractivity contribution in [2.45, 2.75) is 5.92 Å². The molecule has 2 heteroatoms. The van der Waals surface area contributed by atoms with E-state index in [9.17, 15) is 0 Å². The maximum absolute atomic E-state index is 4.59. The van der Waals surface area contributed by atoms with Gasteiger partial charge in [-0.2, -0.15) is 5.10 Å². The van der Waals surface area contributed by atoms with Crippen molar-refractivity contribution in [1.29, 1.82) is 0 Å². The monoisotopic (exact) mass is 410 g/mol. The lowest BCUT2D eigenvalue weighted by atomic mass is 9.87. The van der Waals surface area contributed by atoms with E-state index in [0.29, 0.717) is 0 Å². The number of nitrogens with zero attached hydrogens (tertiary/aromatic N) is 1. The van der Waals surface area contributed by atoms with Crippen LogP contribution in [-0.2, 0) is 0 Å². The predicted octanol–water partition coefficient (Wildman–Crippen LogP) is 7.45. The Morgan fingerprint density at radius 3 is 1.91 bits per heavy atom. The van der Waals surface area contributed by atoms with E-state index >= 15 is 0 Å². The van der Waals surface area contributed by atoms with Gasteiger partial charge in [-0.15, -0.1) is 0 Å². The summed E-state index contributed by atoms with van der Waals surface area (Å²) in [6, 6.07) is 40.7. The van der Waals surface area contributed by atoms with Crippen LogP contribution in [0.25, 0.3) is 21.9 Å². The Morgan fingerprint density at radius 1 is 0.562 bits per heavy atom. The van der Waals surface area contributed by atoms with Crippen molar-refractivity contribution in [3.8, 4) is 11.1 Å². The third kappa shape index (κ3) is 3.17. The summed E-state index contributed by atoms with van der Waals surface area (Å²) in [4.78, 5) is 0. The second-order valence-corrected chi connectivity index (χ2v) is 8.17. The van der Waals surface area contributed by atoms with E-state index in [-0.39, 0.29) is 5.92 Å². The minimum Gasteiger partial charge on any atom is -0.278 e. The Bertz CT molecular complexity index is 1420. The van der Waals surface area contributed by atoms with Gasteiger partial charge in [0, 0.05) is 5.92 Å². The van der Waals surface area contributed by atoms with Gasteiger partial charge in [0.1, 0.15) is 0 Å². The third-order valence-electron chi connectivity index (χ3n) is 6.29. The number of anilines is 1. The molecule has 0 heterocycles. The molecule has 5 aromatic rings. The molecular weight excluding hydrogens is 388 g/mol. The highest BCUT2D eigenvalue weighted by atomic mass is 15.3. The molecule has 5 aromatic carbocycles. The maximum Gasteiger partial charge on any atom is 0.0568 e. The van der Waals surface area contributed by atoms with Gasteiger partial charge < -0.3 is 0 Å². The van der Waals surface area contributed by atoms with Crippen molar-refractivity contribution in [2.24, 2.45) is 5.10 Å². The standard InChI is InChI=1S/C30H22N2/c1-2-10-22-19-24(18-17-21(22)9-1)32-31-20-23-11-3-4-12-25(23)30-28-15-7-5-13-26(28)27-14-6-8-16-29(27)30/h1-20,30,32H. The minimum absolute atomic E-state index is 0.214. The Labute approximate surface area is 187 Å². The van der Waals surface area contributed by atoms with Crippen molar-refractivity contribution in [1.82, 2.24) is 0 Å². The van der Waals surface area contributed by atoms with Crippen LogP contribution in [0.3, 0.4) is 0 Å². The molecule has 0 spiro atoms. The van der Waals surface area contributed by atoms with Crippen LogP contribution in [-0.4, -0.2) is 6.21 Å². The van der Waals surface area contributed by atoms with Crippen molar-refractivity contribution in [2.75, 3.05) is 5.43 Å². The number of hydrogen-bond acceptors (Lipinski definition) is 2. The summed E-state index contributed by atoms with van der Waals surface area (Å²) in [5.74, 6) is 0.214. The van der Waals surface area contributed by atoms with Crippen LogP contribution in [0.1, 0.15) is 28.2 Å². The molecule has 0 aromatic heterocycles. The van der Waals surface area contributed by atoms with Gasteiger partial charge in [0.25, 0.3) is 0 Å². The number of benzene rings is 5. The van der Waals surface area contributed by atoms with E-state index in [2.05, 4.69) is 126 Å². The minimum atomic E-state index is 0.214. The molecule has 0 bridgehead atoms. The van der Waals surface area contributed by atoms with Crippen LogP contribution < -0.4 is 5.43 Å². The topological polar surface area (TPSA) is 24.4 Å². The van der Waals surface area contributed by atoms with Gasteiger partial charge in [-0.3, -0.25) is 5.43 Å². The lowest BCUT2D eigenvalue weighted by Crippen LogP contribution is -2.04. The number of hydrogen-bond donors (Lipinski definition) is 1. The van der Waals surface area contributed by atoms with Crippen LogP contribution in [0.5, 0.6) is 0 Å². The van der Waals surface area contributed by atoms with E-state index in [0.717, 1.165) is 11.3 Å². The fourth-order valence-electron chi connectivity index (χ4n) is 4.82. The molecule has 0 amide bonds. The van der Waals surface area contributed by atoms with Gasteiger partial charge in [-0.05, 0) is 56.3 Å². The zero-order valence-electron chi connectivity index (χ0n) is 17.6. The van der Waals surface area contributed by atoms with Crippen molar-refractivity contribution < 1.29 is 0 Å². The van der Waals surface area contributed by atoms with Gasteiger partial charge in [-0.1, -0.05) is 103 Å². The molecule has 0 atom stereocenters. The van der Waals surface area contributed by atoms with Crippen LogP contribution in [0.4, 0.5) is 5.69 Å². The molecule has 0 fully saturated rings. The second kappa shape index (κ2) is 7.82. The van der Waals surface area contributed by atoms with E-state index in [1.54, 1.807) is 0 Å². The van der Waals surface area contributed by atoms with Crippen molar-refractivity contribution >= 4 is 22.7 Å². The van der Waals surface area contributed by atoms with Crippen LogP contribution in [0.2, 0.25) is 0 Å². The van der Waals surface area contributed by atoms with E-state index < -0.39 is 0 Å². The quantitative estimate of drug-likeness (QED) is 0.237. The number of nitrogens with one attached hydrogen (secondary N) is 1. The fraction of sp³-hybridized carbons (Fsp3) is 0.0333. The van der Waals surface area contributed by atoms with Gasteiger partial charge in [0.15, 0.2) is 0 Å². The van der Waals surface area contributed by atoms with Gasteiger partial charge in [-0.25, -0.2) is 0 Å². The molecule has 1 N–H and O–H groups in total. The molecule has 0 unspecified atom stereocenters. The summed E-state index contributed by atoms with van der Waals surface area (Å²) < 4.78 is 0. The molecule has 1 aliphatic carbocycles. The van der Waals surface area contributed by atoms with Gasteiger partial charge >= 0.3 is 0 Å². The fourth-order valence-corrected chi connectivity index (χ4v) is 4.82. The summed E-state index contributed by atoms with van der Waals surface area (Å²) in [7, 11) is 0. The van der Waals surface area contributed by atoms with E-state index in [1.807, 2.05) is 6.21 Å². The summed E-state index contributed by atoms with van der Waals surface area (Å²) in [6.45, 7) is 0. The molecule has 32 heavy (non-hydrogen) atoms. The molecule has 6 rings (SSSR count). The zero-order valence-corrected chi connectivity index (χ0v) is 17.6. The smallest absolute Gasteiger partial charge is 0.0568 e. The first kappa shape index (κ1) is 18.6. The average Bonchev–Trinajstić information content (AvgIpc) is 3.19. The number of rotatable bonds is 4. The first-order valence-corrected chi connectivity index (χ1v) is 10.9. The summed E-state index contributed by atoms with van der Waals surface area (Å²) >= 11 is 0. The zero-order chi connectivity index (χ0) is 21.3. The van der Waals surface area contributed by atoms with Crippen molar-refractivity contribution in [3.63, 3.8) is 0 Å². The highest BCUT2D eigenvalue weighted by molar-refractivity contribution is 5.88. The highest BCUT2D eigenvalue weighted by Gasteiger charge is 2.30. The largest absolute Gasteiger partial charge is 0.278 e. The number of hydrazone groups is 1. The van der Waals surface area contributed by atoms with Crippen LogP contribution in [0.15, 0.2) is 120 Å². The lowest BCUT2D eigenvalue weighted by molar-refractivity contribution is 1.01. The van der Waals surface area contributed by atoms with Gasteiger partial charge in [0.05, 0.1) is 11.9 Å². The molecule has 2 nitrogen and oxygen atoms in total. The van der Waals surface area contributed by atoms with Crippen LogP contribution >= 0.6 is 0 Å². The van der Waals surface area contributed by atoms with E-state index in [1.165, 1.54) is 38.6 Å². The van der Waals surface area contributed by atoms with Crippen LogP contribution in [0, 0.1) is 0 Å². The molecule has 1 aliphatic rings. The molecule has 152 valence electrons. The maximum atomic E-state index is 4.59. The third-order valence-corrected chi connectivity index (χ3v) is 6.29. The summed E-state index contributed by atoms with van der Waals surface area (Å²) in [6.07, 6.45) is 1.94. The Morgan fingerprint density at radius 2 is 1.16 bits per heavy atom. The Balaban J connectivity index is 1.35. The second-order valence-electron chi connectivity index (χ2n) is 8.17.